The minimum absolute atomic E-state index is 0.0141. The van der Waals surface area contributed by atoms with E-state index in [4.69, 9.17) is 4.74 Å². The molecule has 15 aliphatic carbocycles. The van der Waals surface area contributed by atoms with Gasteiger partial charge in [-0.2, -0.15) is 0 Å². The molecule has 0 heterocycles. The SMILES string of the molecule is COC(=O)CCCC1(c2ccccc2)C23C4C5CCC6c7c5c5c8c9c7c7c%10c%11c%12c%13c%14c%15c%16c(c-8c%14c%119)C8(C(C%16CCC%15C%13CCC%12C%10CCC76)C182)C543. The molecule has 14 unspecified atom stereocenters. The largest absolute Gasteiger partial charge is 0.469 e. The zero-order chi connectivity index (χ0) is 33.8. The number of carbonyl (C=O) groups is 1. The number of carbonyl (C=O) groups excluding carboxylic acids is 1. The zero-order valence-corrected chi connectivity index (χ0v) is 30.8. The highest BCUT2D eigenvalue weighted by Crippen LogP contribution is 3.29. The predicted octanol–water partition coefficient (Wildman–Crippen LogP) is 11.1. The van der Waals surface area contributed by atoms with E-state index in [1.807, 2.05) is 99.1 Å². The van der Waals surface area contributed by atoms with Crippen molar-refractivity contribution in [1.82, 2.24) is 0 Å². The van der Waals surface area contributed by atoms with Crippen molar-refractivity contribution in [3.05, 3.63) is 91.5 Å². The maximum Gasteiger partial charge on any atom is 0.305 e. The highest BCUT2D eigenvalue weighted by atomic mass is 16.5. The number of fused-ring (bicyclic) bond motifs is 5. The first-order valence-electron chi connectivity index (χ1n) is 22.6. The third kappa shape index (κ3) is 1.56. The van der Waals surface area contributed by atoms with Gasteiger partial charge in [0.25, 0.3) is 0 Å². The predicted molar refractivity (Wildman–Crippen MR) is 206 cm³/mol. The number of rotatable bonds is 5. The molecule has 4 spiro atoms. The molecule has 5 aromatic carbocycles. The quantitative estimate of drug-likeness (QED) is 0.132. The van der Waals surface area contributed by atoms with Crippen LogP contribution in [0.2, 0.25) is 0 Å². The molecule has 15 aliphatic rings. The first-order valence-corrected chi connectivity index (χ1v) is 22.6. The minimum Gasteiger partial charge on any atom is -0.469 e. The van der Waals surface area contributed by atoms with Crippen LogP contribution in [0, 0.1) is 22.7 Å². The van der Waals surface area contributed by atoms with Crippen molar-refractivity contribution in [2.24, 2.45) is 22.7 Å². The summed E-state index contributed by atoms with van der Waals surface area (Å²) in [6, 6.07) is 12.1. The summed E-state index contributed by atoms with van der Waals surface area (Å²) in [6.07, 6.45) is 14.3. The summed E-state index contributed by atoms with van der Waals surface area (Å²) < 4.78 is 5.31. The van der Waals surface area contributed by atoms with Gasteiger partial charge in [-0.05, 0) is 228 Å². The summed E-state index contributed by atoms with van der Waals surface area (Å²) >= 11 is 0. The van der Waals surface area contributed by atoms with E-state index in [-0.39, 0.29) is 11.4 Å². The highest BCUT2D eigenvalue weighted by molar-refractivity contribution is 6.40. The van der Waals surface area contributed by atoms with Gasteiger partial charge in [0, 0.05) is 33.5 Å². The van der Waals surface area contributed by atoms with Crippen LogP contribution in [-0.2, 0) is 25.8 Å². The van der Waals surface area contributed by atoms with Crippen LogP contribution in [0.25, 0.3) is 43.4 Å². The third-order valence-electron chi connectivity index (χ3n) is 22.9. The Morgan fingerprint density at radius 3 is 1.44 bits per heavy atom. The van der Waals surface area contributed by atoms with Crippen LogP contribution in [0.5, 0.6) is 0 Å². The monoisotopic (exact) mass is 696 g/mol. The van der Waals surface area contributed by atoms with E-state index in [0.717, 1.165) is 65.6 Å². The fourth-order valence-electron chi connectivity index (χ4n) is 23.7. The maximum absolute atomic E-state index is 12.8. The van der Waals surface area contributed by atoms with Crippen LogP contribution >= 0.6 is 0 Å². The van der Waals surface area contributed by atoms with Crippen molar-refractivity contribution >= 4 is 38.3 Å². The van der Waals surface area contributed by atoms with Gasteiger partial charge in [-0.15, -0.1) is 0 Å². The Kier molecular flexibility index (Phi) is 3.06. The second kappa shape index (κ2) is 6.49. The lowest BCUT2D eigenvalue weighted by Crippen LogP contribution is -2.42. The van der Waals surface area contributed by atoms with Gasteiger partial charge < -0.3 is 4.74 Å². The van der Waals surface area contributed by atoms with Gasteiger partial charge in [0.2, 0.25) is 0 Å². The van der Waals surface area contributed by atoms with Crippen molar-refractivity contribution in [3.63, 3.8) is 0 Å². The molecule has 4 saturated carbocycles. The van der Waals surface area contributed by atoms with Crippen LogP contribution in [0.4, 0.5) is 0 Å². The van der Waals surface area contributed by atoms with Crippen molar-refractivity contribution in [1.29, 1.82) is 0 Å². The molecular formula is C52H40O2. The molecule has 0 aliphatic heterocycles. The van der Waals surface area contributed by atoms with E-state index in [1.54, 1.807) is 12.7 Å². The summed E-state index contributed by atoms with van der Waals surface area (Å²) in [7, 11) is 1.59. The molecule has 0 amide bonds. The van der Waals surface area contributed by atoms with Gasteiger partial charge in [0.05, 0.1) is 7.11 Å². The smallest absolute Gasteiger partial charge is 0.305 e. The van der Waals surface area contributed by atoms with E-state index in [1.165, 1.54) is 57.8 Å². The highest BCUT2D eigenvalue weighted by Gasteiger charge is 3.31. The molecule has 0 N–H and O–H groups in total. The summed E-state index contributed by atoms with van der Waals surface area (Å²) in [5, 5.41) is 11.2. The lowest BCUT2D eigenvalue weighted by Gasteiger charge is -2.45. The molecular weight excluding hydrogens is 657 g/mol. The number of methoxy groups -OCH3 is 1. The summed E-state index contributed by atoms with van der Waals surface area (Å²) in [5.74, 6) is 7.88. The third-order valence-corrected chi connectivity index (χ3v) is 22.9. The average Bonchev–Trinajstić information content (AvgIpc) is 3.59. The molecule has 260 valence electrons. The second-order valence-electron chi connectivity index (χ2n) is 22.1. The molecule has 20 rings (SSSR count). The maximum atomic E-state index is 12.8. The Morgan fingerprint density at radius 1 is 0.556 bits per heavy atom. The Hall–Kier alpha value is -3.65. The standard InChI is InChI=1S/C52H40O2/c1-54-27(53)8-5-17-48(18-6-3-2-4-7-18)51-46-25-15-13-23-21-11-9-19-20-10-12-22-24-14-16-26-35-33(24)38-31(22)29(20)36-28(19)30(21)37-32(23)34(25)44-42-40(37)39(36)41(38)43(42)45(35)50(49(44,46)51)47(26)52(48,50)51/h2-4,6-7,19-26,46-47H,5,8-17H2,1H3. The first-order chi connectivity index (χ1) is 26.7. The summed E-state index contributed by atoms with van der Waals surface area (Å²) in [6.45, 7) is 0. The Morgan fingerprint density at radius 2 is 0.981 bits per heavy atom. The van der Waals surface area contributed by atoms with E-state index in [9.17, 15) is 4.79 Å². The van der Waals surface area contributed by atoms with Gasteiger partial charge in [0.15, 0.2) is 0 Å². The van der Waals surface area contributed by atoms with Crippen molar-refractivity contribution in [2.75, 3.05) is 7.11 Å². The van der Waals surface area contributed by atoms with Crippen LogP contribution in [-0.4, -0.2) is 13.1 Å². The molecule has 0 bridgehead atoms. The molecule has 2 heteroatoms. The van der Waals surface area contributed by atoms with E-state index in [2.05, 4.69) is 30.3 Å². The van der Waals surface area contributed by atoms with Gasteiger partial charge in [-0.3, -0.25) is 4.79 Å². The molecule has 54 heavy (non-hydrogen) atoms. The fraction of sp³-hybridized carbons (Fsp3) is 0.519. The van der Waals surface area contributed by atoms with Crippen molar-refractivity contribution in [3.8, 4) is 11.1 Å². The van der Waals surface area contributed by atoms with E-state index >= 15 is 0 Å². The van der Waals surface area contributed by atoms with Crippen LogP contribution < -0.4 is 0 Å². The van der Waals surface area contributed by atoms with Gasteiger partial charge in [-0.1, -0.05) is 30.3 Å². The fourth-order valence-corrected chi connectivity index (χ4v) is 23.7. The normalized spacial score (nSPS) is 49.6. The zero-order valence-electron chi connectivity index (χ0n) is 30.8. The molecule has 4 fully saturated rings. The molecule has 2 nitrogen and oxygen atoms in total. The van der Waals surface area contributed by atoms with E-state index in [0.29, 0.717) is 28.1 Å². The second-order valence-corrected chi connectivity index (χ2v) is 22.1. The number of ether oxygens (including phenoxy) is 1. The lowest BCUT2D eigenvalue weighted by atomic mass is 9.56. The Bertz CT molecular complexity index is 2920. The Labute approximate surface area is 313 Å². The minimum atomic E-state index is -0.0141. The Balaban J connectivity index is 1.03. The molecule has 0 aromatic heterocycles. The molecule has 5 aromatic rings. The summed E-state index contributed by atoms with van der Waals surface area (Å²) in [5.41, 5.74) is 26.8. The molecule has 0 radical (unpaired) electrons. The number of esters is 1. The lowest BCUT2D eigenvalue weighted by molar-refractivity contribution is -0.140. The number of hydrogen-bond donors (Lipinski definition) is 0. The van der Waals surface area contributed by atoms with E-state index < -0.39 is 0 Å². The van der Waals surface area contributed by atoms with Crippen molar-refractivity contribution in [2.45, 2.75) is 134 Å². The number of benzene rings is 5. The van der Waals surface area contributed by atoms with Gasteiger partial charge in [0.1, 0.15) is 0 Å². The van der Waals surface area contributed by atoms with Gasteiger partial charge in [-0.25, -0.2) is 0 Å². The number of hydrogen-bond acceptors (Lipinski definition) is 2. The first kappa shape index (κ1) is 25.5. The van der Waals surface area contributed by atoms with Crippen molar-refractivity contribution < 1.29 is 9.53 Å². The van der Waals surface area contributed by atoms with Crippen LogP contribution in [0.3, 0.4) is 0 Å². The molecule has 0 saturated heterocycles. The average molecular weight is 697 g/mol. The molecule has 14 atom stereocenters. The van der Waals surface area contributed by atoms with Crippen LogP contribution in [0.1, 0.15) is 179 Å². The van der Waals surface area contributed by atoms with Gasteiger partial charge >= 0.3 is 5.97 Å². The summed E-state index contributed by atoms with van der Waals surface area (Å²) in [4.78, 5) is 12.8. The topological polar surface area (TPSA) is 26.3 Å². The van der Waals surface area contributed by atoms with Crippen LogP contribution in [0.15, 0.2) is 30.3 Å².